The molecule has 0 aliphatic carbocycles. The van der Waals surface area contributed by atoms with Crippen LogP contribution < -0.4 is 8.91 Å². The van der Waals surface area contributed by atoms with Gasteiger partial charge in [0.25, 0.3) is 0 Å². The molecule has 3 aromatic rings. The lowest BCUT2D eigenvalue weighted by atomic mass is 10.2. The number of hydrogen-bond acceptors (Lipinski definition) is 5. The van der Waals surface area contributed by atoms with Crippen LogP contribution in [0.1, 0.15) is 21.5 Å². The maximum absolute atomic E-state index is 12.4. The summed E-state index contributed by atoms with van der Waals surface area (Å²) in [6.07, 6.45) is 0. The van der Waals surface area contributed by atoms with E-state index >= 15 is 0 Å². The zero-order valence-electron chi connectivity index (χ0n) is 14.9. The van der Waals surface area contributed by atoms with Gasteiger partial charge in [-0.25, -0.2) is 4.79 Å². The van der Waals surface area contributed by atoms with E-state index in [9.17, 15) is 13.2 Å². The van der Waals surface area contributed by atoms with E-state index in [0.29, 0.717) is 0 Å². The van der Waals surface area contributed by atoms with Crippen LogP contribution >= 0.6 is 0 Å². The molecule has 0 bridgehead atoms. The van der Waals surface area contributed by atoms with E-state index in [-0.39, 0.29) is 24.5 Å². The van der Waals surface area contributed by atoms with Gasteiger partial charge in [-0.05, 0) is 23.3 Å². The third-order valence-corrected chi connectivity index (χ3v) is 4.71. The quantitative estimate of drug-likeness (QED) is 0.589. The van der Waals surface area contributed by atoms with Crippen LogP contribution in [-0.4, -0.2) is 14.4 Å². The van der Waals surface area contributed by atoms with Crippen LogP contribution in [0.3, 0.4) is 0 Å². The molecule has 0 heterocycles. The Morgan fingerprint density at radius 2 is 1.36 bits per heavy atom. The van der Waals surface area contributed by atoms with Gasteiger partial charge in [-0.15, -0.1) is 0 Å². The molecule has 7 heteroatoms. The third-order valence-electron chi connectivity index (χ3n) is 3.82. The van der Waals surface area contributed by atoms with Crippen LogP contribution in [0.25, 0.3) is 0 Å². The van der Waals surface area contributed by atoms with Gasteiger partial charge in [-0.3, -0.25) is 0 Å². The number of para-hydroxylation sites is 1. The molecule has 0 aliphatic heterocycles. The fourth-order valence-electron chi connectivity index (χ4n) is 2.42. The second-order valence-electron chi connectivity index (χ2n) is 5.90. The molecular weight excluding hydrogens is 378 g/mol. The molecule has 0 saturated heterocycles. The number of rotatable bonds is 8. The second kappa shape index (κ2) is 9.16. The summed E-state index contributed by atoms with van der Waals surface area (Å²) in [5, 5.41) is 0. The average molecular weight is 397 g/mol. The molecule has 0 radical (unpaired) electrons. The summed E-state index contributed by atoms with van der Waals surface area (Å²) in [6, 6.07) is 24.3. The summed E-state index contributed by atoms with van der Waals surface area (Å²) in [5.74, 6) is -0.765. The van der Waals surface area contributed by atoms with E-state index in [4.69, 9.17) is 8.92 Å². The van der Waals surface area contributed by atoms with Crippen LogP contribution in [0.2, 0.25) is 0 Å². The molecule has 3 aromatic carbocycles. The maximum Gasteiger partial charge on any atom is 0.382 e. The van der Waals surface area contributed by atoms with Crippen molar-refractivity contribution in [3.63, 3.8) is 0 Å². The maximum atomic E-state index is 12.4. The van der Waals surface area contributed by atoms with Gasteiger partial charge in [-0.2, -0.15) is 13.1 Å². The van der Waals surface area contributed by atoms with Gasteiger partial charge in [-0.1, -0.05) is 72.8 Å². The number of benzene rings is 3. The Morgan fingerprint density at radius 1 is 0.786 bits per heavy atom. The number of carbonyl (C=O) groups excluding carboxylic acids is 1. The van der Waals surface area contributed by atoms with Gasteiger partial charge >= 0.3 is 16.3 Å². The lowest BCUT2D eigenvalue weighted by Crippen LogP contribution is -2.28. The standard InChI is InChI=1S/C21H19NO5S/c23-21(26-16-18-11-5-2-6-12-18)19-13-7-8-14-20(19)27-28(24,25)22-15-17-9-3-1-4-10-17/h1-14,22H,15-16H2. The monoisotopic (exact) mass is 397 g/mol. The Hall–Kier alpha value is -3.16. The van der Waals surface area contributed by atoms with Crippen molar-refractivity contribution in [1.82, 2.24) is 4.72 Å². The van der Waals surface area contributed by atoms with Crippen molar-refractivity contribution in [2.75, 3.05) is 0 Å². The number of ether oxygens (including phenoxy) is 1. The second-order valence-corrected chi connectivity index (χ2v) is 7.27. The van der Waals surface area contributed by atoms with Crippen molar-refractivity contribution in [3.05, 3.63) is 102 Å². The Labute approximate surface area is 164 Å². The van der Waals surface area contributed by atoms with Crippen LogP contribution in [0.4, 0.5) is 0 Å². The van der Waals surface area contributed by atoms with Crippen LogP contribution in [0.5, 0.6) is 5.75 Å². The smallest absolute Gasteiger partial charge is 0.382 e. The summed E-state index contributed by atoms with van der Waals surface area (Å²) >= 11 is 0. The van der Waals surface area contributed by atoms with E-state index < -0.39 is 16.3 Å². The number of carbonyl (C=O) groups is 1. The number of hydrogen-bond donors (Lipinski definition) is 1. The number of nitrogens with one attached hydrogen (secondary N) is 1. The van der Waals surface area contributed by atoms with Gasteiger partial charge in [0.2, 0.25) is 0 Å². The minimum absolute atomic E-state index is 0.0310. The van der Waals surface area contributed by atoms with Gasteiger partial charge < -0.3 is 8.92 Å². The molecule has 0 unspecified atom stereocenters. The lowest BCUT2D eigenvalue weighted by molar-refractivity contribution is 0.0471. The largest absolute Gasteiger partial charge is 0.457 e. The Balaban J connectivity index is 1.66. The normalized spacial score (nSPS) is 11.0. The van der Waals surface area contributed by atoms with Crippen molar-refractivity contribution in [2.24, 2.45) is 0 Å². The van der Waals surface area contributed by atoms with E-state index in [1.807, 2.05) is 48.5 Å². The highest BCUT2D eigenvalue weighted by Gasteiger charge is 2.19. The average Bonchev–Trinajstić information content (AvgIpc) is 2.72. The van der Waals surface area contributed by atoms with Crippen molar-refractivity contribution in [3.8, 4) is 5.75 Å². The Morgan fingerprint density at radius 3 is 2.04 bits per heavy atom. The van der Waals surface area contributed by atoms with Gasteiger partial charge in [0, 0.05) is 6.54 Å². The van der Waals surface area contributed by atoms with E-state index in [1.165, 1.54) is 12.1 Å². The van der Waals surface area contributed by atoms with E-state index in [0.717, 1.165) is 11.1 Å². The van der Waals surface area contributed by atoms with Gasteiger partial charge in [0.05, 0.1) is 0 Å². The molecule has 0 aromatic heterocycles. The lowest BCUT2D eigenvalue weighted by Gasteiger charge is -2.12. The highest BCUT2D eigenvalue weighted by molar-refractivity contribution is 7.85. The first-order valence-electron chi connectivity index (χ1n) is 8.56. The molecule has 0 fully saturated rings. The highest BCUT2D eigenvalue weighted by atomic mass is 32.2. The van der Waals surface area contributed by atoms with Crippen molar-refractivity contribution in [1.29, 1.82) is 0 Å². The summed E-state index contributed by atoms with van der Waals surface area (Å²) in [7, 11) is -4.11. The molecule has 0 spiro atoms. The van der Waals surface area contributed by atoms with Crippen LogP contribution in [0, 0.1) is 0 Å². The van der Waals surface area contributed by atoms with Crippen LogP contribution in [0.15, 0.2) is 84.9 Å². The molecule has 0 amide bonds. The Kier molecular flexibility index (Phi) is 6.41. The summed E-state index contributed by atoms with van der Waals surface area (Å²) in [6.45, 7) is 0.150. The predicted octanol–water partition coefficient (Wildman–Crippen LogP) is 3.46. The van der Waals surface area contributed by atoms with Crippen LogP contribution in [-0.2, 0) is 28.2 Å². The predicted molar refractivity (Wildman–Crippen MR) is 105 cm³/mol. The highest BCUT2D eigenvalue weighted by Crippen LogP contribution is 2.21. The molecule has 0 atom stereocenters. The fraction of sp³-hybridized carbons (Fsp3) is 0.0952. The molecule has 6 nitrogen and oxygen atoms in total. The van der Waals surface area contributed by atoms with Crippen molar-refractivity contribution < 1.29 is 22.1 Å². The molecule has 144 valence electrons. The molecule has 1 N–H and O–H groups in total. The summed E-state index contributed by atoms with van der Waals surface area (Å²) in [5.41, 5.74) is 1.64. The topological polar surface area (TPSA) is 81.7 Å². The van der Waals surface area contributed by atoms with Crippen molar-refractivity contribution in [2.45, 2.75) is 13.2 Å². The molecule has 0 aliphatic rings. The molecule has 3 rings (SSSR count). The summed E-state index contributed by atoms with van der Waals surface area (Å²) < 4.78 is 37.2. The minimum atomic E-state index is -4.11. The first-order chi connectivity index (χ1) is 13.5. The first kappa shape index (κ1) is 19.6. The SMILES string of the molecule is O=C(OCc1ccccc1)c1ccccc1OS(=O)(=O)NCc1ccccc1. The van der Waals surface area contributed by atoms with E-state index in [1.54, 1.807) is 24.3 Å². The van der Waals surface area contributed by atoms with Crippen molar-refractivity contribution >= 4 is 16.3 Å². The molecule has 0 saturated carbocycles. The minimum Gasteiger partial charge on any atom is -0.457 e. The van der Waals surface area contributed by atoms with E-state index in [2.05, 4.69) is 4.72 Å². The third kappa shape index (κ3) is 5.67. The van der Waals surface area contributed by atoms with Gasteiger partial charge in [0.1, 0.15) is 12.2 Å². The summed E-state index contributed by atoms with van der Waals surface area (Å²) in [4.78, 5) is 12.4. The number of esters is 1. The Bertz CT molecular complexity index is 1020. The first-order valence-corrected chi connectivity index (χ1v) is 9.97. The zero-order chi connectivity index (χ0) is 19.8. The molecular formula is C21H19NO5S. The fourth-order valence-corrected chi connectivity index (χ4v) is 3.21. The molecule has 28 heavy (non-hydrogen) atoms. The van der Waals surface area contributed by atoms with Gasteiger partial charge in [0.15, 0.2) is 5.75 Å². The zero-order valence-corrected chi connectivity index (χ0v) is 15.8.